The van der Waals surface area contributed by atoms with E-state index in [1.807, 2.05) is 47.9 Å². The maximum atomic E-state index is 12.6. The smallest absolute Gasteiger partial charge is 0.350 e. The molecule has 0 radical (unpaired) electrons. The van der Waals surface area contributed by atoms with Crippen LogP contribution in [0.5, 0.6) is 0 Å². The lowest BCUT2D eigenvalue weighted by Crippen LogP contribution is -2.28. The van der Waals surface area contributed by atoms with Crippen LogP contribution in [0.2, 0.25) is 0 Å². The molecule has 124 valence electrons. The molecule has 0 fully saturated rings. The van der Waals surface area contributed by atoms with Gasteiger partial charge in [0.15, 0.2) is 4.96 Å². The third kappa shape index (κ3) is 3.30. The van der Waals surface area contributed by atoms with Gasteiger partial charge in [-0.2, -0.15) is 0 Å². The highest BCUT2D eigenvalue weighted by atomic mass is 32.1. The Kier molecular flexibility index (Phi) is 4.61. The predicted octanol–water partition coefficient (Wildman–Crippen LogP) is 2.74. The molecule has 3 aromatic rings. The van der Waals surface area contributed by atoms with E-state index in [9.17, 15) is 9.59 Å². The van der Waals surface area contributed by atoms with Crippen molar-refractivity contribution in [2.24, 2.45) is 0 Å². The van der Waals surface area contributed by atoms with Crippen molar-refractivity contribution in [3.63, 3.8) is 0 Å². The van der Waals surface area contributed by atoms with Crippen molar-refractivity contribution in [2.45, 2.75) is 20.0 Å². The van der Waals surface area contributed by atoms with Gasteiger partial charge in [0, 0.05) is 25.0 Å². The second kappa shape index (κ2) is 6.84. The number of hydrogen-bond acceptors (Lipinski definition) is 5. The Balaban J connectivity index is 1.83. The van der Waals surface area contributed by atoms with Crippen LogP contribution in [0.3, 0.4) is 0 Å². The number of aryl methyl sites for hydroxylation is 1. The summed E-state index contributed by atoms with van der Waals surface area (Å²) in [5.41, 5.74) is 1.63. The molecule has 1 amide bonds. The number of nitrogens with one attached hydrogen (secondary N) is 1. The topological polar surface area (TPSA) is 72.7 Å². The monoisotopic (exact) mass is 343 g/mol. The van der Waals surface area contributed by atoms with Gasteiger partial charge >= 0.3 is 5.97 Å². The molecule has 24 heavy (non-hydrogen) atoms. The van der Waals surface area contributed by atoms with Crippen LogP contribution in [0.4, 0.5) is 0 Å². The van der Waals surface area contributed by atoms with Crippen LogP contribution in [0.1, 0.15) is 34.0 Å². The van der Waals surface area contributed by atoms with Gasteiger partial charge in [0.25, 0.3) is 0 Å². The van der Waals surface area contributed by atoms with Gasteiger partial charge < -0.3 is 10.1 Å². The van der Waals surface area contributed by atoms with Crippen molar-refractivity contribution in [3.8, 4) is 0 Å². The quantitative estimate of drug-likeness (QED) is 0.723. The summed E-state index contributed by atoms with van der Waals surface area (Å²) >= 11 is 1.29. The Morgan fingerprint density at radius 1 is 1.33 bits per heavy atom. The van der Waals surface area contributed by atoms with E-state index < -0.39 is 12.1 Å². The molecule has 0 aliphatic rings. The lowest BCUT2D eigenvalue weighted by molar-refractivity contribution is -0.119. The molecule has 2 heterocycles. The third-order valence-electron chi connectivity index (χ3n) is 3.63. The molecule has 2 aromatic heterocycles. The fourth-order valence-corrected chi connectivity index (χ4v) is 3.37. The summed E-state index contributed by atoms with van der Waals surface area (Å²) < 4.78 is 7.52. The molecule has 1 aromatic carbocycles. The van der Waals surface area contributed by atoms with Crippen molar-refractivity contribution in [1.29, 1.82) is 0 Å². The summed E-state index contributed by atoms with van der Waals surface area (Å²) in [5.74, 6) is -0.583. The standard InChI is InChI=1S/C17H17N3O3S/c1-11-15(24-17-18-8-9-20(11)17)16(22)23-14(10-19-12(2)21)13-6-4-3-5-7-13/h3-9,14H,10H2,1-2H3,(H,19,21). The van der Waals surface area contributed by atoms with E-state index in [0.717, 1.165) is 16.2 Å². The van der Waals surface area contributed by atoms with Gasteiger partial charge in [-0.15, -0.1) is 0 Å². The summed E-state index contributed by atoms with van der Waals surface area (Å²) in [7, 11) is 0. The molecule has 0 spiro atoms. The van der Waals surface area contributed by atoms with Gasteiger partial charge in [0.2, 0.25) is 5.91 Å². The average Bonchev–Trinajstić information content (AvgIpc) is 3.15. The molecule has 7 heteroatoms. The number of thiazole rings is 1. The number of ether oxygens (including phenoxy) is 1. The summed E-state index contributed by atoms with van der Waals surface area (Å²) in [6, 6.07) is 9.36. The maximum Gasteiger partial charge on any atom is 0.350 e. The fourth-order valence-electron chi connectivity index (χ4n) is 2.40. The molecule has 3 rings (SSSR count). The first kappa shape index (κ1) is 16.2. The Morgan fingerprint density at radius 2 is 2.08 bits per heavy atom. The van der Waals surface area contributed by atoms with E-state index in [2.05, 4.69) is 10.3 Å². The van der Waals surface area contributed by atoms with Crippen molar-refractivity contribution in [2.75, 3.05) is 6.54 Å². The van der Waals surface area contributed by atoms with Crippen molar-refractivity contribution >= 4 is 28.2 Å². The lowest BCUT2D eigenvalue weighted by atomic mass is 10.1. The number of rotatable bonds is 5. The molecule has 1 atom stereocenters. The minimum absolute atomic E-state index is 0.169. The second-order valence-electron chi connectivity index (χ2n) is 5.34. The molecule has 0 aliphatic carbocycles. The Labute approximate surface area is 143 Å². The number of imidazole rings is 1. The van der Waals surface area contributed by atoms with E-state index in [1.54, 1.807) is 6.20 Å². The van der Waals surface area contributed by atoms with Crippen LogP contribution >= 0.6 is 11.3 Å². The molecule has 0 bridgehead atoms. The predicted molar refractivity (Wildman–Crippen MR) is 91.1 cm³/mol. The summed E-state index contributed by atoms with van der Waals surface area (Å²) in [5, 5.41) is 2.71. The molecule has 0 saturated heterocycles. The fraction of sp³-hybridized carbons (Fsp3) is 0.235. The number of amides is 1. The van der Waals surface area contributed by atoms with Gasteiger partial charge in [0.1, 0.15) is 11.0 Å². The lowest BCUT2D eigenvalue weighted by Gasteiger charge is -2.18. The highest BCUT2D eigenvalue weighted by molar-refractivity contribution is 7.19. The van der Waals surface area contributed by atoms with E-state index in [1.165, 1.54) is 18.3 Å². The number of carbonyl (C=O) groups excluding carboxylic acids is 2. The number of carbonyl (C=O) groups is 2. The Hall–Kier alpha value is -2.67. The molecule has 0 aliphatic heterocycles. The highest BCUT2D eigenvalue weighted by Crippen LogP contribution is 2.25. The summed E-state index contributed by atoms with van der Waals surface area (Å²) in [4.78, 5) is 29.3. The average molecular weight is 343 g/mol. The van der Waals surface area contributed by atoms with Gasteiger partial charge in [-0.1, -0.05) is 41.7 Å². The zero-order valence-corrected chi connectivity index (χ0v) is 14.2. The third-order valence-corrected chi connectivity index (χ3v) is 4.78. The zero-order chi connectivity index (χ0) is 17.1. The van der Waals surface area contributed by atoms with Crippen LogP contribution in [0.15, 0.2) is 42.7 Å². The number of benzene rings is 1. The maximum absolute atomic E-state index is 12.6. The van der Waals surface area contributed by atoms with E-state index >= 15 is 0 Å². The van der Waals surface area contributed by atoms with Gasteiger partial charge in [-0.05, 0) is 12.5 Å². The Bertz CT molecular complexity index is 870. The van der Waals surface area contributed by atoms with E-state index in [-0.39, 0.29) is 12.5 Å². The first-order valence-corrected chi connectivity index (χ1v) is 8.30. The van der Waals surface area contributed by atoms with Gasteiger partial charge in [-0.25, -0.2) is 9.78 Å². The van der Waals surface area contributed by atoms with Crippen molar-refractivity contribution in [3.05, 3.63) is 58.9 Å². The number of aromatic nitrogens is 2. The van der Waals surface area contributed by atoms with Crippen molar-refractivity contribution in [1.82, 2.24) is 14.7 Å². The molecule has 0 saturated carbocycles. The minimum Gasteiger partial charge on any atom is -0.451 e. The van der Waals surface area contributed by atoms with Crippen LogP contribution < -0.4 is 5.32 Å². The number of nitrogens with zero attached hydrogens (tertiary/aromatic N) is 2. The normalized spacial score (nSPS) is 12.1. The van der Waals surface area contributed by atoms with Crippen molar-refractivity contribution < 1.29 is 14.3 Å². The van der Waals surface area contributed by atoms with Crippen LogP contribution in [0.25, 0.3) is 4.96 Å². The molecule has 1 N–H and O–H groups in total. The number of fused-ring (bicyclic) bond motifs is 1. The molecule has 1 unspecified atom stereocenters. The first-order valence-electron chi connectivity index (χ1n) is 7.49. The molecular formula is C17H17N3O3S. The number of hydrogen-bond donors (Lipinski definition) is 1. The second-order valence-corrected chi connectivity index (χ2v) is 6.32. The zero-order valence-electron chi connectivity index (χ0n) is 13.4. The number of esters is 1. The van der Waals surface area contributed by atoms with Crippen LogP contribution in [-0.2, 0) is 9.53 Å². The first-order chi connectivity index (χ1) is 11.6. The highest BCUT2D eigenvalue weighted by Gasteiger charge is 2.22. The van der Waals surface area contributed by atoms with Crippen LogP contribution in [0, 0.1) is 6.92 Å². The van der Waals surface area contributed by atoms with Gasteiger partial charge in [-0.3, -0.25) is 9.20 Å². The molecular weight excluding hydrogens is 326 g/mol. The largest absolute Gasteiger partial charge is 0.451 e. The Morgan fingerprint density at radius 3 is 2.75 bits per heavy atom. The van der Waals surface area contributed by atoms with Crippen LogP contribution in [-0.4, -0.2) is 27.8 Å². The van der Waals surface area contributed by atoms with E-state index in [4.69, 9.17) is 4.74 Å². The SMILES string of the molecule is CC(=O)NCC(OC(=O)c1sc2nccn2c1C)c1ccccc1. The minimum atomic E-state index is -0.545. The molecule has 6 nitrogen and oxygen atoms in total. The van der Waals surface area contributed by atoms with E-state index in [0.29, 0.717) is 4.88 Å². The summed E-state index contributed by atoms with van der Waals surface area (Å²) in [6.45, 7) is 3.52. The summed E-state index contributed by atoms with van der Waals surface area (Å²) in [6.07, 6.45) is 2.96. The van der Waals surface area contributed by atoms with Gasteiger partial charge in [0.05, 0.1) is 6.54 Å².